The molecular weight excluding hydrogens is 256 g/mol. The third-order valence-corrected chi connectivity index (χ3v) is 3.15. The number of aromatic nitrogens is 1. The highest BCUT2D eigenvalue weighted by Crippen LogP contribution is 2.31. The maximum absolute atomic E-state index is 12.9. The molecule has 16 heavy (non-hydrogen) atoms. The average Bonchev–Trinajstić information content (AvgIpc) is 2.52. The Morgan fingerprint density at radius 3 is 2.62 bits per heavy atom. The van der Waals surface area contributed by atoms with E-state index in [1.807, 2.05) is 0 Å². The fourth-order valence-electron chi connectivity index (χ4n) is 1.04. The molecule has 2 aromatic rings. The summed E-state index contributed by atoms with van der Waals surface area (Å²) in [6, 6.07) is 3.27. The molecule has 0 amide bonds. The van der Waals surface area contributed by atoms with Gasteiger partial charge in [0, 0.05) is 10.9 Å². The summed E-state index contributed by atoms with van der Waals surface area (Å²) in [6.07, 6.45) is 0. The van der Waals surface area contributed by atoms with E-state index >= 15 is 0 Å². The van der Waals surface area contributed by atoms with Crippen LogP contribution >= 0.6 is 22.9 Å². The highest BCUT2D eigenvalue weighted by Gasteiger charge is 2.09. The van der Waals surface area contributed by atoms with E-state index < -0.39 is 11.6 Å². The van der Waals surface area contributed by atoms with Crippen LogP contribution in [0.25, 0.3) is 0 Å². The third kappa shape index (κ3) is 2.31. The van der Waals surface area contributed by atoms with E-state index in [-0.39, 0.29) is 5.75 Å². The number of nitrogens with zero attached hydrogens (tertiary/aromatic N) is 1. The molecule has 0 saturated heterocycles. The van der Waals surface area contributed by atoms with Gasteiger partial charge in [0.2, 0.25) is 0 Å². The first-order valence-electron chi connectivity index (χ1n) is 4.32. The second-order valence-corrected chi connectivity index (χ2v) is 4.53. The molecule has 84 valence electrons. The van der Waals surface area contributed by atoms with Crippen LogP contribution in [-0.4, -0.2) is 4.98 Å². The van der Waals surface area contributed by atoms with Gasteiger partial charge in [-0.05, 0) is 19.1 Å². The predicted molar refractivity (Wildman–Crippen MR) is 58.3 cm³/mol. The van der Waals surface area contributed by atoms with Crippen molar-refractivity contribution < 1.29 is 13.5 Å². The normalized spacial score (nSPS) is 10.5. The minimum Gasteiger partial charge on any atom is -0.431 e. The Kier molecular flexibility index (Phi) is 3.07. The Bertz CT molecular complexity index is 510. The van der Waals surface area contributed by atoms with E-state index in [4.69, 9.17) is 16.3 Å². The standard InChI is InChI=1S/C10H6ClF2NOS/c1-5-9(11)14-10(16-5)15-6-2-3-7(12)8(13)4-6/h2-4H,1H3. The Balaban J connectivity index is 2.23. The SMILES string of the molecule is Cc1sc(Oc2ccc(F)c(F)c2)nc1Cl. The van der Waals surface area contributed by atoms with Crippen molar-refractivity contribution in [3.63, 3.8) is 0 Å². The van der Waals surface area contributed by atoms with E-state index in [1.165, 1.54) is 17.4 Å². The first kappa shape index (κ1) is 11.3. The van der Waals surface area contributed by atoms with Gasteiger partial charge in [0.05, 0.1) is 0 Å². The topological polar surface area (TPSA) is 22.1 Å². The lowest BCUT2D eigenvalue weighted by atomic mass is 10.3. The molecule has 1 aromatic heterocycles. The lowest BCUT2D eigenvalue weighted by Gasteiger charge is -2.01. The average molecular weight is 262 g/mol. The fourth-order valence-corrected chi connectivity index (χ4v) is 1.95. The Labute approximate surface area is 99.5 Å². The molecule has 6 heteroatoms. The summed E-state index contributed by atoms with van der Waals surface area (Å²) in [5.74, 6) is -1.69. The number of rotatable bonds is 2. The van der Waals surface area contributed by atoms with Gasteiger partial charge in [-0.1, -0.05) is 22.9 Å². The Hall–Kier alpha value is -1.20. The zero-order valence-corrected chi connectivity index (χ0v) is 9.70. The molecule has 0 atom stereocenters. The summed E-state index contributed by atoms with van der Waals surface area (Å²) in [5, 5.41) is 0.649. The zero-order chi connectivity index (χ0) is 11.7. The van der Waals surface area contributed by atoms with Crippen molar-refractivity contribution in [3.05, 3.63) is 39.9 Å². The highest BCUT2D eigenvalue weighted by molar-refractivity contribution is 7.13. The number of hydrogen-bond acceptors (Lipinski definition) is 3. The van der Waals surface area contributed by atoms with E-state index in [1.54, 1.807) is 6.92 Å². The van der Waals surface area contributed by atoms with E-state index in [9.17, 15) is 8.78 Å². The van der Waals surface area contributed by atoms with Gasteiger partial charge in [0.1, 0.15) is 10.9 Å². The first-order chi connectivity index (χ1) is 7.56. The molecule has 0 spiro atoms. The quantitative estimate of drug-likeness (QED) is 0.809. The molecule has 0 saturated carbocycles. The van der Waals surface area contributed by atoms with Crippen LogP contribution in [0.4, 0.5) is 8.78 Å². The minimum absolute atomic E-state index is 0.185. The van der Waals surface area contributed by atoms with Gasteiger partial charge in [-0.15, -0.1) is 0 Å². The molecule has 0 fully saturated rings. The van der Waals surface area contributed by atoms with Crippen molar-refractivity contribution in [1.82, 2.24) is 4.98 Å². The number of ether oxygens (including phenoxy) is 1. The third-order valence-electron chi connectivity index (χ3n) is 1.82. The van der Waals surface area contributed by atoms with E-state index in [0.29, 0.717) is 10.3 Å². The van der Waals surface area contributed by atoms with Crippen LogP contribution in [0.5, 0.6) is 10.9 Å². The monoisotopic (exact) mass is 261 g/mol. The van der Waals surface area contributed by atoms with Gasteiger partial charge in [0.15, 0.2) is 11.6 Å². The highest BCUT2D eigenvalue weighted by atomic mass is 35.5. The van der Waals surface area contributed by atoms with Crippen LogP contribution in [0.15, 0.2) is 18.2 Å². The second kappa shape index (κ2) is 4.35. The number of halogens is 3. The summed E-state index contributed by atoms with van der Waals surface area (Å²) < 4.78 is 30.7. The molecule has 1 aromatic carbocycles. The van der Waals surface area contributed by atoms with Gasteiger partial charge in [-0.2, -0.15) is 4.98 Å². The van der Waals surface area contributed by atoms with Crippen molar-refractivity contribution in [2.24, 2.45) is 0 Å². The van der Waals surface area contributed by atoms with Gasteiger partial charge < -0.3 is 4.74 Å². The van der Waals surface area contributed by atoms with Crippen LogP contribution in [0.2, 0.25) is 5.15 Å². The molecular formula is C10H6ClF2NOS. The number of hydrogen-bond donors (Lipinski definition) is 0. The largest absolute Gasteiger partial charge is 0.431 e. The smallest absolute Gasteiger partial charge is 0.280 e. The number of benzene rings is 1. The maximum atomic E-state index is 12.9. The molecule has 2 nitrogen and oxygen atoms in total. The fraction of sp³-hybridized carbons (Fsp3) is 0.100. The van der Waals surface area contributed by atoms with Gasteiger partial charge in [0.25, 0.3) is 5.19 Å². The van der Waals surface area contributed by atoms with Crippen LogP contribution in [0.3, 0.4) is 0 Å². The molecule has 1 heterocycles. The van der Waals surface area contributed by atoms with Crippen LogP contribution in [0.1, 0.15) is 4.88 Å². The molecule has 2 rings (SSSR count). The van der Waals surface area contributed by atoms with Crippen LogP contribution < -0.4 is 4.74 Å². The second-order valence-electron chi connectivity index (χ2n) is 3.00. The summed E-state index contributed by atoms with van der Waals surface area (Å²) in [7, 11) is 0. The Morgan fingerprint density at radius 1 is 1.31 bits per heavy atom. The van der Waals surface area contributed by atoms with Crippen molar-refractivity contribution in [1.29, 1.82) is 0 Å². The number of thiazole rings is 1. The molecule has 0 N–H and O–H groups in total. The lowest BCUT2D eigenvalue weighted by Crippen LogP contribution is -1.87. The van der Waals surface area contributed by atoms with Gasteiger partial charge >= 0.3 is 0 Å². The summed E-state index contributed by atoms with van der Waals surface area (Å²) in [6.45, 7) is 1.79. The first-order valence-corrected chi connectivity index (χ1v) is 5.51. The lowest BCUT2D eigenvalue weighted by molar-refractivity contribution is 0.459. The molecule has 0 bridgehead atoms. The molecule has 0 aliphatic heterocycles. The summed E-state index contributed by atoms with van der Waals surface area (Å²) in [4.78, 5) is 4.71. The van der Waals surface area contributed by atoms with Crippen LogP contribution in [-0.2, 0) is 0 Å². The zero-order valence-electron chi connectivity index (χ0n) is 8.13. The van der Waals surface area contributed by atoms with Crippen molar-refractivity contribution in [2.45, 2.75) is 6.92 Å². The molecule has 0 aliphatic carbocycles. The van der Waals surface area contributed by atoms with Gasteiger partial charge in [-0.3, -0.25) is 0 Å². The Morgan fingerprint density at radius 2 is 2.06 bits per heavy atom. The molecule has 0 aliphatic rings. The van der Waals surface area contributed by atoms with E-state index in [2.05, 4.69) is 4.98 Å². The summed E-state index contributed by atoms with van der Waals surface area (Å²) in [5.41, 5.74) is 0. The van der Waals surface area contributed by atoms with E-state index in [0.717, 1.165) is 17.0 Å². The van der Waals surface area contributed by atoms with Crippen molar-refractivity contribution >= 4 is 22.9 Å². The minimum atomic E-state index is -0.961. The van der Waals surface area contributed by atoms with Crippen molar-refractivity contribution in [2.75, 3.05) is 0 Å². The van der Waals surface area contributed by atoms with Crippen LogP contribution in [0, 0.1) is 18.6 Å². The van der Waals surface area contributed by atoms with Crippen molar-refractivity contribution in [3.8, 4) is 10.9 Å². The van der Waals surface area contributed by atoms with Gasteiger partial charge in [-0.25, -0.2) is 8.78 Å². The molecule has 0 radical (unpaired) electrons. The number of aryl methyl sites for hydroxylation is 1. The predicted octanol–water partition coefficient (Wildman–Crippen LogP) is 4.18. The maximum Gasteiger partial charge on any atom is 0.280 e. The molecule has 0 unspecified atom stereocenters. The summed E-state index contributed by atoms with van der Waals surface area (Å²) >= 11 is 6.98.